The van der Waals surface area contributed by atoms with Crippen molar-refractivity contribution < 1.29 is 23.5 Å². The van der Waals surface area contributed by atoms with Crippen molar-refractivity contribution in [3.05, 3.63) is 99.3 Å². The molecule has 0 saturated heterocycles. The van der Waals surface area contributed by atoms with E-state index in [9.17, 15) is 19.6 Å². The molecule has 0 unspecified atom stereocenters. The monoisotopic (exact) mass is 486 g/mol. The molecule has 0 bridgehead atoms. The van der Waals surface area contributed by atoms with E-state index in [0.29, 0.717) is 23.5 Å². The van der Waals surface area contributed by atoms with Crippen molar-refractivity contribution in [2.45, 2.75) is 13.3 Å². The van der Waals surface area contributed by atoms with Gasteiger partial charge in [-0.25, -0.2) is 4.79 Å². The van der Waals surface area contributed by atoms with Gasteiger partial charge in [-0.1, -0.05) is 41.9 Å². The Bertz CT molecular complexity index is 1430. The number of carbonyl (C=O) groups excluding carboxylic acids is 3. The number of carbonyl (C=O) groups is 3. The van der Waals surface area contributed by atoms with Gasteiger partial charge in [-0.3, -0.25) is 14.9 Å². The van der Waals surface area contributed by atoms with Crippen LogP contribution in [0.25, 0.3) is 17.4 Å². The number of amides is 2. The molecule has 174 valence electrons. The summed E-state index contributed by atoms with van der Waals surface area (Å²) in [4.78, 5) is 36.6. The third-order valence-corrected chi connectivity index (χ3v) is 5.77. The summed E-state index contributed by atoms with van der Waals surface area (Å²) in [6, 6.07) is 19.7. The van der Waals surface area contributed by atoms with Crippen molar-refractivity contribution in [1.82, 2.24) is 5.32 Å². The van der Waals surface area contributed by atoms with Gasteiger partial charge in [-0.15, -0.1) is 0 Å². The summed E-state index contributed by atoms with van der Waals surface area (Å²) >= 11 is 6.24. The summed E-state index contributed by atoms with van der Waals surface area (Å²) in [7, 11) is 0. The zero-order valence-electron chi connectivity index (χ0n) is 18.6. The highest BCUT2D eigenvalue weighted by Crippen LogP contribution is 2.29. The van der Waals surface area contributed by atoms with Gasteiger partial charge in [0, 0.05) is 17.6 Å². The van der Waals surface area contributed by atoms with Crippen molar-refractivity contribution in [3.8, 4) is 17.4 Å². The molecule has 0 atom stereocenters. The van der Waals surface area contributed by atoms with E-state index in [1.54, 1.807) is 36.4 Å². The normalized spacial score (nSPS) is 14.6. The van der Waals surface area contributed by atoms with Crippen LogP contribution in [0, 0.1) is 11.3 Å². The van der Waals surface area contributed by atoms with Gasteiger partial charge in [0.1, 0.15) is 23.2 Å². The number of halogens is 1. The molecule has 3 aromatic rings. The molecule has 2 aromatic carbocycles. The molecule has 0 spiro atoms. The summed E-state index contributed by atoms with van der Waals surface area (Å²) in [6.07, 6.45) is 2.03. The minimum Gasteiger partial charge on any atom is -0.462 e. The van der Waals surface area contributed by atoms with E-state index in [0.717, 1.165) is 5.56 Å². The summed E-state index contributed by atoms with van der Waals surface area (Å²) in [6.45, 7) is 1.74. The standard InChI is InChI=1S/C27H19ClN2O5/c1-16-20(25(31)30-26(32)22(16)15-29)14-19-8-10-24(35-19)18-7-9-23(28)21(13-18)27(33)34-12-11-17-5-3-2-4-6-17/h2-10,13-14H,11-12H2,1H3,(H,30,31,32)/b20-14-. The molecule has 35 heavy (non-hydrogen) atoms. The van der Waals surface area contributed by atoms with Gasteiger partial charge in [0.25, 0.3) is 11.8 Å². The lowest BCUT2D eigenvalue weighted by molar-refractivity contribution is -0.126. The van der Waals surface area contributed by atoms with E-state index in [-0.39, 0.29) is 33.9 Å². The van der Waals surface area contributed by atoms with Gasteiger partial charge in [0.2, 0.25) is 0 Å². The van der Waals surface area contributed by atoms with Crippen LogP contribution in [0.5, 0.6) is 0 Å². The minimum absolute atomic E-state index is 0.129. The fourth-order valence-electron chi connectivity index (χ4n) is 3.56. The summed E-state index contributed by atoms with van der Waals surface area (Å²) < 4.78 is 11.2. The van der Waals surface area contributed by atoms with E-state index >= 15 is 0 Å². The number of esters is 1. The number of rotatable bonds is 6. The minimum atomic E-state index is -0.725. The molecule has 1 aliphatic heterocycles. The van der Waals surface area contributed by atoms with Gasteiger partial charge in [0.15, 0.2) is 0 Å². The highest BCUT2D eigenvalue weighted by molar-refractivity contribution is 6.33. The van der Waals surface area contributed by atoms with Crippen LogP contribution < -0.4 is 5.32 Å². The molecular weight excluding hydrogens is 468 g/mol. The Morgan fingerprint density at radius 2 is 1.89 bits per heavy atom. The van der Waals surface area contributed by atoms with Crippen LogP contribution in [0.15, 0.2) is 81.8 Å². The molecule has 4 rings (SSSR count). The Morgan fingerprint density at radius 1 is 1.11 bits per heavy atom. The van der Waals surface area contributed by atoms with E-state index in [1.165, 1.54) is 13.0 Å². The predicted molar refractivity (Wildman–Crippen MR) is 129 cm³/mol. The first-order valence-electron chi connectivity index (χ1n) is 10.7. The number of furan rings is 1. The summed E-state index contributed by atoms with van der Waals surface area (Å²) in [5.41, 5.74) is 2.14. The lowest BCUT2D eigenvalue weighted by Gasteiger charge is -2.15. The first kappa shape index (κ1) is 23.7. The lowest BCUT2D eigenvalue weighted by atomic mass is 9.96. The number of benzene rings is 2. The van der Waals surface area contributed by atoms with Gasteiger partial charge in [-0.05, 0) is 54.5 Å². The summed E-state index contributed by atoms with van der Waals surface area (Å²) in [5.74, 6) is -1.12. The fourth-order valence-corrected chi connectivity index (χ4v) is 3.76. The first-order chi connectivity index (χ1) is 16.9. The van der Waals surface area contributed by atoms with Crippen molar-refractivity contribution >= 4 is 35.5 Å². The Morgan fingerprint density at radius 3 is 2.63 bits per heavy atom. The molecule has 7 nitrogen and oxygen atoms in total. The van der Waals surface area contributed by atoms with Gasteiger partial charge < -0.3 is 9.15 Å². The number of nitriles is 1. The van der Waals surface area contributed by atoms with Gasteiger partial charge in [0.05, 0.1) is 17.2 Å². The number of ether oxygens (including phenoxy) is 1. The topological polar surface area (TPSA) is 109 Å². The lowest BCUT2D eigenvalue weighted by Crippen LogP contribution is -2.37. The largest absolute Gasteiger partial charge is 0.462 e. The molecular formula is C27H19ClN2O5. The Balaban J connectivity index is 1.53. The SMILES string of the molecule is CC1=C(C#N)C(=O)NC(=O)/C1=C\c1ccc(-c2ccc(Cl)c(C(=O)OCCc3ccccc3)c2)o1. The second kappa shape index (κ2) is 10.2. The van der Waals surface area contributed by atoms with Crippen LogP contribution in [-0.2, 0) is 20.7 Å². The zero-order chi connectivity index (χ0) is 24.9. The van der Waals surface area contributed by atoms with Gasteiger partial charge in [-0.2, -0.15) is 5.26 Å². The van der Waals surface area contributed by atoms with Crippen molar-refractivity contribution in [2.24, 2.45) is 0 Å². The molecule has 0 fully saturated rings. The van der Waals surface area contributed by atoms with Crippen molar-refractivity contribution in [1.29, 1.82) is 5.26 Å². The maximum absolute atomic E-state index is 12.6. The predicted octanol–water partition coefficient (Wildman–Crippen LogP) is 4.88. The zero-order valence-corrected chi connectivity index (χ0v) is 19.4. The van der Waals surface area contributed by atoms with E-state index in [1.807, 2.05) is 30.3 Å². The third kappa shape index (κ3) is 5.24. The number of nitrogens with one attached hydrogen (secondary N) is 1. The molecule has 1 aromatic heterocycles. The molecule has 0 saturated carbocycles. The molecule has 0 radical (unpaired) electrons. The second-order valence-electron chi connectivity index (χ2n) is 7.72. The first-order valence-corrected chi connectivity index (χ1v) is 11.0. The van der Waals surface area contributed by atoms with E-state index in [2.05, 4.69) is 5.32 Å². The average molecular weight is 487 g/mol. The Kier molecular flexibility index (Phi) is 6.95. The molecule has 2 amide bonds. The molecule has 8 heteroatoms. The number of hydrogen-bond donors (Lipinski definition) is 1. The van der Waals surface area contributed by atoms with E-state index < -0.39 is 17.8 Å². The molecule has 1 aliphatic rings. The average Bonchev–Trinajstić information content (AvgIpc) is 3.31. The molecule has 1 N–H and O–H groups in total. The quantitative estimate of drug-likeness (QED) is 0.302. The van der Waals surface area contributed by atoms with Crippen molar-refractivity contribution in [3.63, 3.8) is 0 Å². The highest BCUT2D eigenvalue weighted by Gasteiger charge is 2.27. The second-order valence-corrected chi connectivity index (χ2v) is 8.13. The number of imide groups is 1. The Hall–Kier alpha value is -4.41. The van der Waals surface area contributed by atoms with Crippen LogP contribution in [0.1, 0.15) is 28.6 Å². The van der Waals surface area contributed by atoms with Gasteiger partial charge >= 0.3 is 5.97 Å². The molecule has 0 aliphatic carbocycles. The van der Waals surface area contributed by atoms with Crippen LogP contribution in [0.4, 0.5) is 0 Å². The molecule has 2 heterocycles. The van der Waals surface area contributed by atoms with E-state index in [4.69, 9.17) is 20.8 Å². The third-order valence-electron chi connectivity index (χ3n) is 5.44. The Labute approximate surface area is 206 Å². The highest BCUT2D eigenvalue weighted by atomic mass is 35.5. The number of nitrogens with zero attached hydrogens (tertiary/aromatic N) is 1. The fraction of sp³-hybridized carbons (Fsp3) is 0.111. The smallest absolute Gasteiger partial charge is 0.339 e. The maximum atomic E-state index is 12.6. The number of hydrogen-bond acceptors (Lipinski definition) is 6. The van der Waals surface area contributed by atoms with Crippen LogP contribution in [0.3, 0.4) is 0 Å². The van der Waals surface area contributed by atoms with Crippen LogP contribution >= 0.6 is 11.6 Å². The maximum Gasteiger partial charge on any atom is 0.339 e. The van der Waals surface area contributed by atoms with Crippen LogP contribution in [-0.4, -0.2) is 24.4 Å². The summed E-state index contributed by atoms with van der Waals surface area (Å²) in [5, 5.41) is 11.6. The van der Waals surface area contributed by atoms with Crippen molar-refractivity contribution in [2.75, 3.05) is 6.61 Å². The van der Waals surface area contributed by atoms with Crippen LogP contribution in [0.2, 0.25) is 5.02 Å².